The summed E-state index contributed by atoms with van der Waals surface area (Å²) < 4.78 is 10.7. The molecule has 0 aromatic carbocycles. The largest absolute Gasteiger partial charge is 0.468 e. The molecular weight excluding hydrogens is 266 g/mol. The predicted molar refractivity (Wildman–Crippen MR) is 79.9 cm³/mol. The van der Waals surface area contributed by atoms with Gasteiger partial charge in [-0.25, -0.2) is 0 Å². The molecule has 2 aromatic heterocycles. The van der Waals surface area contributed by atoms with Gasteiger partial charge >= 0.3 is 0 Å². The van der Waals surface area contributed by atoms with Crippen LogP contribution in [0.1, 0.15) is 48.9 Å². The number of furan rings is 1. The van der Waals surface area contributed by atoms with Crippen molar-refractivity contribution in [3.8, 4) is 0 Å². The molecule has 2 atom stereocenters. The predicted octanol–water partition coefficient (Wildman–Crippen LogP) is 3.06. The van der Waals surface area contributed by atoms with E-state index in [1.807, 2.05) is 13.0 Å². The Bertz CT molecular complexity index is 544. The molecule has 3 heterocycles. The molecule has 1 fully saturated rings. The zero-order valence-electron chi connectivity index (χ0n) is 12.7. The quantitative estimate of drug-likeness (QED) is 0.885. The highest BCUT2D eigenvalue weighted by molar-refractivity contribution is 5.17. The lowest BCUT2D eigenvalue weighted by Gasteiger charge is -2.27. The van der Waals surface area contributed by atoms with Crippen LogP contribution in [0.15, 0.2) is 33.6 Å². The van der Waals surface area contributed by atoms with Crippen LogP contribution in [-0.2, 0) is 0 Å². The Morgan fingerprint density at radius 3 is 2.81 bits per heavy atom. The summed E-state index contributed by atoms with van der Waals surface area (Å²) >= 11 is 0. The van der Waals surface area contributed by atoms with Crippen molar-refractivity contribution in [1.29, 1.82) is 0 Å². The van der Waals surface area contributed by atoms with E-state index in [4.69, 9.17) is 8.94 Å². The maximum Gasteiger partial charge on any atom is 0.128 e. The molecule has 1 aliphatic heterocycles. The zero-order chi connectivity index (χ0) is 14.7. The lowest BCUT2D eigenvalue weighted by atomic mass is 10.1. The van der Waals surface area contributed by atoms with Gasteiger partial charge in [-0.1, -0.05) is 5.16 Å². The fourth-order valence-electron chi connectivity index (χ4n) is 3.06. The van der Waals surface area contributed by atoms with E-state index in [1.54, 1.807) is 12.5 Å². The number of nitrogens with one attached hydrogen (secondary N) is 1. The summed E-state index contributed by atoms with van der Waals surface area (Å²) in [5, 5.41) is 7.54. The van der Waals surface area contributed by atoms with Gasteiger partial charge in [0.1, 0.15) is 12.0 Å². The molecule has 5 nitrogen and oxygen atoms in total. The average Bonchev–Trinajstić information content (AvgIpc) is 3.21. The summed E-state index contributed by atoms with van der Waals surface area (Å²) in [6.07, 6.45) is 6.03. The molecule has 3 rings (SSSR count). The van der Waals surface area contributed by atoms with Crippen molar-refractivity contribution in [2.75, 3.05) is 19.6 Å². The Labute approximate surface area is 125 Å². The van der Waals surface area contributed by atoms with Crippen molar-refractivity contribution in [1.82, 2.24) is 15.4 Å². The van der Waals surface area contributed by atoms with Gasteiger partial charge in [-0.15, -0.1) is 0 Å². The first kappa shape index (κ1) is 14.4. The molecule has 2 aromatic rings. The van der Waals surface area contributed by atoms with Gasteiger partial charge in [0.15, 0.2) is 0 Å². The van der Waals surface area contributed by atoms with Crippen molar-refractivity contribution in [2.24, 2.45) is 0 Å². The third-order valence-corrected chi connectivity index (χ3v) is 4.32. The summed E-state index contributed by atoms with van der Waals surface area (Å²) in [5.74, 6) is 1.04. The number of aryl methyl sites for hydroxylation is 1. The minimum atomic E-state index is 0.219. The van der Waals surface area contributed by atoms with Crippen LogP contribution in [0.4, 0.5) is 0 Å². The van der Waals surface area contributed by atoms with E-state index in [1.165, 1.54) is 12.8 Å². The van der Waals surface area contributed by atoms with Crippen molar-refractivity contribution in [2.45, 2.75) is 38.8 Å². The molecular formula is C16H23N3O2. The van der Waals surface area contributed by atoms with Crippen LogP contribution in [0.2, 0.25) is 0 Å². The summed E-state index contributed by atoms with van der Waals surface area (Å²) in [4.78, 5) is 2.50. The topological polar surface area (TPSA) is 54.4 Å². The summed E-state index contributed by atoms with van der Waals surface area (Å²) in [7, 11) is 0. The minimum absolute atomic E-state index is 0.219. The normalized spacial score (nSPS) is 19.0. The summed E-state index contributed by atoms with van der Waals surface area (Å²) in [5.41, 5.74) is 2.07. The molecule has 114 valence electrons. The van der Waals surface area contributed by atoms with E-state index < -0.39 is 0 Å². The van der Waals surface area contributed by atoms with Crippen molar-refractivity contribution >= 4 is 0 Å². The first-order valence-electron chi connectivity index (χ1n) is 7.67. The van der Waals surface area contributed by atoms with Gasteiger partial charge < -0.3 is 14.3 Å². The highest BCUT2D eigenvalue weighted by Crippen LogP contribution is 2.26. The molecule has 0 amide bonds. The van der Waals surface area contributed by atoms with Gasteiger partial charge in [0.05, 0.1) is 18.0 Å². The molecule has 0 saturated carbocycles. The van der Waals surface area contributed by atoms with Gasteiger partial charge in [0, 0.05) is 18.2 Å². The molecule has 1 saturated heterocycles. The second-order valence-electron chi connectivity index (χ2n) is 5.76. The lowest BCUT2D eigenvalue weighted by molar-refractivity contribution is 0.205. The van der Waals surface area contributed by atoms with Crippen molar-refractivity contribution in [3.63, 3.8) is 0 Å². The number of aromatic nitrogens is 1. The van der Waals surface area contributed by atoms with Gasteiger partial charge in [0.25, 0.3) is 0 Å². The zero-order valence-corrected chi connectivity index (χ0v) is 12.7. The Morgan fingerprint density at radius 1 is 1.38 bits per heavy atom. The highest BCUT2D eigenvalue weighted by atomic mass is 16.5. The van der Waals surface area contributed by atoms with Gasteiger partial charge in [-0.3, -0.25) is 4.90 Å². The van der Waals surface area contributed by atoms with Crippen LogP contribution in [0.5, 0.6) is 0 Å². The Hall–Kier alpha value is -1.59. The van der Waals surface area contributed by atoms with Gasteiger partial charge in [-0.05, 0) is 51.9 Å². The lowest BCUT2D eigenvalue weighted by Crippen LogP contribution is -2.35. The van der Waals surface area contributed by atoms with Gasteiger partial charge in [-0.2, -0.15) is 0 Å². The standard InChI is InChI=1S/C16H23N3O2/c1-12(14-11-21-18-13(14)2)17-10-15(16-6-5-9-20-16)19-7-3-4-8-19/h5-6,9,11-12,15,17H,3-4,7-8,10H2,1-2H3/t12-,15-/m1/s1. The van der Waals surface area contributed by atoms with Crippen LogP contribution in [0, 0.1) is 6.92 Å². The molecule has 21 heavy (non-hydrogen) atoms. The average molecular weight is 289 g/mol. The van der Waals surface area contributed by atoms with E-state index >= 15 is 0 Å². The highest BCUT2D eigenvalue weighted by Gasteiger charge is 2.26. The third kappa shape index (κ3) is 3.19. The fraction of sp³-hybridized carbons (Fsp3) is 0.562. The molecule has 0 radical (unpaired) electrons. The molecule has 0 spiro atoms. The number of rotatable bonds is 6. The van der Waals surface area contributed by atoms with E-state index in [0.717, 1.165) is 36.7 Å². The Kier molecular flexibility index (Phi) is 4.41. The summed E-state index contributed by atoms with van der Waals surface area (Å²) in [6, 6.07) is 4.55. The first-order valence-corrected chi connectivity index (χ1v) is 7.67. The molecule has 0 aliphatic carbocycles. The van der Waals surface area contributed by atoms with Crippen LogP contribution in [-0.4, -0.2) is 29.7 Å². The minimum Gasteiger partial charge on any atom is -0.468 e. The second kappa shape index (κ2) is 6.45. The van der Waals surface area contributed by atoms with E-state index in [-0.39, 0.29) is 6.04 Å². The van der Waals surface area contributed by atoms with E-state index in [0.29, 0.717) is 6.04 Å². The molecule has 0 unspecified atom stereocenters. The molecule has 0 bridgehead atoms. The van der Waals surface area contributed by atoms with Crippen LogP contribution < -0.4 is 5.32 Å². The molecule has 5 heteroatoms. The third-order valence-electron chi connectivity index (χ3n) is 4.32. The smallest absolute Gasteiger partial charge is 0.128 e. The number of nitrogens with zero attached hydrogens (tertiary/aromatic N) is 2. The fourth-order valence-corrected chi connectivity index (χ4v) is 3.06. The van der Waals surface area contributed by atoms with E-state index in [2.05, 4.69) is 28.4 Å². The number of hydrogen-bond acceptors (Lipinski definition) is 5. The maximum absolute atomic E-state index is 5.64. The molecule has 1 N–H and O–H groups in total. The maximum atomic E-state index is 5.64. The first-order chi connectivity index (χ1) is 10.3. The van der Waals surface area contributed by atoms with Gasteiger partial charge in [0.2, 0.25) is 0 Å². The SMILES string of the molecule is Cc1nocc1[C@@H](C)NC[C@H](c1ccco1)N1CCCC1. The van der Waals surface area contributed by atoms with Crippen molar-refractivity contribution < 1.29 is 8.94 Å². The number of likely N-dealkylation sites (tertiary alicyclic amines) is 1. The Balaban J connectivity index is 1.66. The Morgan fingerprint density at radius 2 is 2.19 bits per heavy atom. The number of hydrogen-bond donors (Lipinski definition) is 1. The van der Waals surface area contributed by atoms with E-state index in [9.17, 15) is 0 Å². The van der Waals surface area contributed by atoms with Crippen LogP contribution >= 0.6 is 0 Å². The van der Waals surface area contributed by atoms with Crippen molar-refractivity contribution in [3.05, 3.63) is 41.7 Å². The second-order valence-corrected chi connectivity index (χ2v) is 5.76. The van der Waals surface area contributed by atoms with Crippen LogP contribution in [0.3, 0.4) is 0 Å². The monoisotopic (exact) mass is 289 g/mol. The molecule has 1 aliphatic rings. The summed E-state index contributed by atoms with van der Waals surface area (Å²) in [6.45, 7) is 7.27. The van der Waals surface area contributed by atoms with Crippen LogP contribution in [0.25, 0.3) is 0 Å².